The third-order valence-electron chi connectivity index (χ3n) is 3.69. The third kappa shape index (κ3) is 2.94. The van der Waals surface area contributed by atoms with E-state index in [0.717, 1.165) is 19.3 Å². The first-order valence-electron chi connectivity index (χ1n) is 6.47. The van der Waals surface area contributed by atoms with Crippen LogP contribution < -0.4 is 0 Å². The molecular weight excluding hydrogens is 248 g/mol. The molecule has 106 valence electrons. The lowest BCUT2D eigenvalue weighted by molar-refractivity contribution is -0.139. The van der Waals surface area contributed by atoms with Gasteiger partial charge in [-0.3, -0.25) is 4.79 Å². The Bertz CT molecular complexity index is 457. The summed E-state index contributed by atoms with van der Waals surface area (Å²) in [6.07, 6.45) is 3.43. The van der Waals surface area contributed by atoms with Gasteiger partial charge in [0.15, 0.2) is 0 Å². The number of hydrogen-bond donors (Lipinski definition) is 1. The van der Waals surface area contributed by atoms with Crippen molar-refractivity contribution in [2.24, 2.45) is 5.41 Å². The van der Waals surface area contributed by atoms with Crippen molar-refractivity contribution in [2.75, 3.05) is 7.11 Å². The molecule has 1 aromatic heterocycles. The maximum absolute atomic E-state index is 10.8. The monoisotopic (exact) mass is 268 g/mol. The van der Waals surface area contributed by atoms with Crippen molar-refractivity contribution in [2.45, 2.75) is 51.6 Å². The molecule has 1 fully saturated rings. The van der Waals surface area contributed by atoms with E-state index in [0.29, 0.717) is 18.1 Å². The molecule has 1 saturated carbocycles. The molecule has 0 amide bonds. The van der Waals surface area contributed by atoms with E-state index in [-0.39, 0.29) is 6.42 Å². The van der Waals surface area contributed by atoms with Crippen molar-refractivity contribution in [1.82, 2.24) is 10.1 Å². The van der Waals surface area contributed by atoms with Gasteiger partial charge in [-0.1, -0.05) is 19.0 Å². The molecule has 1 N–H and O–H groups in total. The Hall–Kier alpha value is -1.43. The molecule has 0 bridgehead atoms. The van der Waals surface area contributed by atoms with Crippen LogP contribution in [0.2, 0.25) is 0 Å². The van der Waals surface area contributed by atoms with Crippen LogP contribution in [-0.2, 0) is 21.6 Å². The second-order valence-electron chi connectivity index (χ2n) is 5.98. The first-order valence-corrected chi connectivity index (χ1v) is 6.47. The Morgan fingerprint density at radius 2 is 2.21 bits per heavy atom. The summed E-state index contributed by atoms with van der Waals surface area (Å²) in [4.78, 5) is 15.2. The summed E-state index contributed by atoms with van der Waals surface area (Å²) < 4.78 is 10.7. The van der Waals surface area contributed by atoms with E-state index in [1.165, 1.54) is 0 Å². The van der Waals surface area contributed by atoms with E-state index in [4.69, 9.17) is 14.4 Å². The van der Waals surface area contributed by atoms with E-state index in [1.54, 1.807) is 7.11 Å². The highest BCUT2D eigenvalue weighted by Crippen LogP contribution is 2.42. The van der Waals surface area contributed by atoms with Gasteiger partial charge in [0.2, 0.25) is 11.7 Å². The number of nitrogens with zero attached hydrogens (tertiary/aromatic N) is 2. The SMILES string of the molecule is COC1(c2noc(CC(C)(C)CC(=O)O)n2)CCC1. The van der Waals surface area contributed by atoms with E-state index in [9.17, 15) is 4.79 Å². The molecular formula is C13H20N2O4. The van der Waals surface area contributed by atoms with Crippen molar-refractivity contribution in [1.29, 1.82) is 0 Å². The van der Waals surface area contributed by atoms with Crippen LogP contribution in [0.4, 0.5) is 0 Å². The van der Waals surface area contributed by atoms with Crippen molar-refractivity contribution < 1.29 is 19.2 Å². The standard InChI is InChI=1S/C13H20N2O4/c1-12(2,8-10(16)17)7-9-14-11(15-19-9)13(18-3)5-4-6-13/h4-8H2,1-3H3,(H,16,17). The fourth-order valence-corrected chi connectivity index (χ4v) is 2.41. The number of carboxylic acids is 1. The number of methoxy groups -OCH3 is 1. The topological polar surface area (TPSA) is 85.5 Å². The Balaban J connectivity index is 2.07. The van der Waals surface area contributed by atoms with Crippen LogP contribution in [0.5, 0.6) is 0 Å². The lowest BCUT2D eigenvalue weighted by Gasteiger charge is -2.37. The Morgan fingerprint density at radius 3 is 2.68 bits per heavy atom. The van der Waals surface area contributed by atoms with Gasteiger partial charge in [0.1, 0.15) is 5.60 Å². The van der Waals surface area contributed by atoms with Crippen LogP contribution in [0, 0.1) is 5.41 Å². The molecule has 0 saturated heterocycles. The van der Waals surface area contributed by atoms with Crippen LogP contribution >= 0.6 is 0 Å². The number of rotatable bonds is 6. The fourth-order valence-electron chi connectivity index (χ4n) is 2.41. The second-order valence-corrected chi connectivity index (χ2v) is 5.98. The van der Waals surface area contributed by atoms with Gasteiger partial charge in [-0.05, 0) is 24.7 Å². The van der Waals surface area contributed by atoms with Gasteiger partial charge >= 0.3 is 5.97 Å². The molecule has 0 spiro atoms. The van der Waals surface area contributed by atoms with Gasteiger partial charge < -0.3 is 14.4 Å². The Labute approximate surface area is 112 Å². The molecule has 19 heavy (non-hydrogen) atoms. The third-order valence-corrected chi connectivity index (χ3v) is 3.69. The average Bonchev–Trinajstić information content (AvgIpc) is 2.62. The molecule has 1 aliphatic carbocycles. The molecule has 2 rings (SSSR count). The van der Waals surface area contributed by atoms with Gasteiger partial charge in [-0.25, -0.2) is 0 Å². The molecule has 1 aliphatic rings. The first kappa shape index (κ1) is 14.0. The number of carbonyl (C=O) groups is 1. The molecule has 0 atom stereocenters. The molecule has 1 heterocycles. The van der Waals surface area contributed by atoms with Crippen molar-refractivity contribution in [3.8, 4) is 0 Å². The summed E-state index contributed by atoms with van der Waals surface area (Å²) in [7, 11) is 1.66. The summed E-state index contributed by atoms with van der Waals surface area (Å²) in [5, 5.41) is 12.8. The zero-order chi connectivity index (χ0) is 14.1. The van der Waals surface area contributed by atoms with Crippen molar-refractivity contribution >= 4 is 5.97 Å². The highest BCUT2D eigenvalue weighted by molar-refractivity contribution is 5.67. The average molecular weight is 268 g/mol. The molecule has 0 radical (unpaired) electrons. The van der Waals surface area contributed by atoms with Crippen molar-refractivity contribution in [3.63, 3.8) is 0 Å². The summed E-state index contributed by atoms with van der Waals surface area (Å²) in [5.41, 5.74) is -0.797. The van der Waals surface area contributed by atoms with Gasteiger partial charge in [-0.2, -0.15) is 4.98 Å². The summed E-state index contributed by atoms with van der Waals surface area (Å²) in [5.74, 6) is 0.240. The zero-order valence-corrected chi connectivity index (χ0v) is 11.6. The molecule has 6 heteroatoms. The van der Waals surface area contributed by atoms with Crippen LogP contribution in [0.25, 0.3) is 0 Å². The highest BCUT2D eigenvalue weighted by Gasteiger charge is 2.43. The quantitative estimate of drug-likeness (QED) is 0.850. The van der Waals surface area contributed by atoms with Gasteiger partial charge in [-0.15, -0.1) is 0 Å². The van der Waals surface area contributed by atoms with Gasteiger partial charge in [0.05, 0.1) is 6.42 Å². The number of ether oxygens (including phenoxy) is 1. The van der Waals surface area contributed by atoms with E-state index in [1.807, 2.05) is 13.8 Å². The van der Waals surface area contributed by atoms with Crippen LogP contribution in [0.15, 0.2) is 4.52 Å². The number of aromatic nitrogens is 2. The molecule has 1 aromatic rings. The molecule has 6 nitrogen and oxygen atoms in total. The minimum absolute atomic E-state index is 0.0696. The van der Waals surface area contributed by atoms with E-state index >= 15 is 0 Å². The van der Waals surface area contributed by atoms with Crippen LogP contribution in [0.1, 0.15) is 51.2 Å². The lowest BCUT2D eigenvalue weighted by Crippen LogP contribution is -2.37. The van der Waals surface area contributed by atoms with E-state index < -0.39 is 17.0 Å². The smallest absolute Gasteiger partial charge is 0.303 e. The highest BCUT2D eigenvalue weighted by atomic mass is 16.5. The van der Waals surface area contributed by atoms with Crippen molar-refractivity contribution in [3.05, 3.63) is 11.7 Å². The number of aliphatic carboxylic acids is 1. The Kier molecular flexibility index (Phi) is 3.62. The minimum atomic E-state index is -0.822. The maximum atomic E-state index is 10.8. The summed E-state index contributed by atoms with van der Waals surface area (Å²) in [6, 6.07) is 0. The largest absolute Gasteiger partial charge is 0.481 e. The second kappa shape index (κ2) is 4.92. The zero-order valence-electron chi connectivity index (χ0n) is 11.6. The maximum Gasteiger partial charge on any atom is 0.303 e. The first-order chi connectivity index (χ1) is 8.87. The lowest BCUT2D eigenvalue weighted by atomic mass is 9.79. The fraction of sp³-hybridized carbons (Fsp3) is 0.769. The minimum Gasteiger partial charge on any atom is -0.481 e. The summed E-state index contributed by atoms with van der Waals surface area (Å²) >= 11 is 0. The van der Waals surface area contributed by atoms with Crippen LogP contribution in [0.3, 0.4) is 0 Å². The normalized spacial score (nSPS) is 18.1. The Morgan fingerprint density at radius 1 is 1.53 bits per heavy atom. The van der Waals surface area contributed by atoms with E-state index in [2.05, 4.69) is 10.1 Å². The summed E-state index contributed by atoms with van der Waals surface area (Å²) in [6.45, 7) is 3.75. The van der Waals surface area contributed by atoms with Gasteiger partial charge in [0.25, 0.3) is 0 Å². The number of carboxylic acid groups (broad SMARTS) is 1. The molecule has 0 aliphatic heterocycles. The number of hydrogen-bond acceptors (Lipinski definition) is 5. The molecule has 0 unspecified atom stereocenters. The van der Waals surface area contributed by atoms with Gasteiger partial charge in [0, 0.05) is 13.5 Å². The van der Waals surface area contributed by atoms with Crippen LogP contribution in [-0.4, -0.2) is 28.3 Å². The predicted molar refractivity (Wildman–Crippen MR) is 66.6 cm³/mol. The molecule has 0 aromatic carbocycles. The predicted octanol–water partition coefficient (Wildman–Crippen LogP) is 2.14.